The highest BCUT2D eigenvalue weighted by Gasteiger charge is 2.93. The van der Waals surface area contributed by atoms with Crippen LogP contribution in [0.4, 0.5) is 83.4 Å². The molecule has 1 rings (SSSR count). The van der Waals surface area contributed by atoms with E-state index >= 15 is 0 Å². The summed E-state index contributed by atoms with van der Waals surface area (Å²) >= 11 is 0. The molecule has 0 N–H and O–H groups in total. The highest BCUT2D eigenvalue weighted by atomic mass is 32.3. The van der Waals surface area contributed by atoms with Gasteiger partial charge >= 0.3 is 34.7 Å². The van der Waals surface area contributed by atoms with Crippen LogP contribution in [-0.2, 0) is 24.4 Å². The number of alkyl halides is 14. The first-order chi connectivity index (χ1) is 17.1. The predicted molar refractivity (Wildman–Crippen MR) is 87.8 cm³/mol. The van der Waals surface area contributed by atoms with E-state index in [2.05, 4.69) is 0 Å². The van der Waals surface area contributed by atoms with Gasteiger partial charge in [-0.25, -0.2) is 21.6 Å². The van der Waals surface area contributed by atoms with E-state index in [-0.39, 0.29) is 14.1 Å². The molecule has 0 saturated carbocycles. The van der Waals surface area contributed by atoms with Crippen LogP contribution in [0, 0.1) is 29.1 Å². The zero-order valence-corrected chi connectivity index (χ0v) is 19.7. The lowest BCUT2D eigenvalue weighted by molar-refractivity contribution is -0.413. The molecular weight excluding hydrogens is 671 g/mol. The summed E-state index contributed by atoms with van der Waals surface area (Å²) in [5.41, 5.74) is -5.65. The van der Waals surface area contributed by atoms with E-state index in [1.807, 2.05) is 0 Å². The summed E-state index contributed by atoms with van der Waals surface area (Å²) in [6.07, 6.45) is -7.61. The number of halogens is 19. The van der Waals surface area contributed by atoms with Crippen LogP contribution < -0.4 is 0 Å². The van der Waals surface area contributed by atoms with Crippen LogP contribution in [0.2, 0.25) is 0 Å². The number of hydrogen-bond acceptors (Lipinski definition) is 4. The molecule has 26 heteroatoms. The Bertz CT molecular complexity index is 1240. The lowest BCUT2D eigenvalue weighted by atomic mass is 10.0. The van der Waals surface area contributed by atoms with Gasteiger partial charge in [0.25, 0.3) is 15.0 Å². The lowest BCUT2D eigenvalue weighted by Crippen LogP contribution is -2.70. The number of rotatable bonds is 6. The molecule has 0 bridgehead atoms. The molecule has 0 aliphatic heterocycles. The Morgan fingerprint density at radius 1 is 0.600 bits per heavy atom. The van der Waals surface area contributed by atoms with E-state index in [9.17, 15) is 87.6 Å². The molecule has 0 saturated heterocycles. The van der Waals surface area contributed by atoms with E-state index in [0.29, 0.717) is 0 Å². The first-order valence-corrected chi connectivity index (χ1v) is 11.4. The molecule has 1 aromatic rings. The monoisotopic (exact) mass is 677 g/mol. The Labute approximate surface area is 208 Å². The van der Waals surface area contributed by atoms with Crippen LogP contribution in [0.3, 0.4) is 0 Å². The van der Waals surface area contributed by atoms with Crippen LogP contribution in [0.25, 0.3) is 0 Å². The molecule has 0 radical (unpaired) electrons. The van der Waals surface area contributed by atoms with Gasteiger partial charge in [-0.3, -0.25) is 0 Å². The molecule has 0 aliphatic carbocycles. The number of benzene rings is 1. The molecule has 0 amide bonds. The van der Waals surface area contributed by atoms with Crippen molar-refractivity contribution in [3.8, 4) is 0 Å². The highest BCUT2D eigenvalue weighted by Crippen LogP contribution is 2.61. The van der Waals surface area contributed by atoms with Crippen molar-refractivity contribution in [1.29, 1.82) is 0 Å². The molecule has 1 unspecified atom stereocenters. The summed E-state index contributed by atoms with van der Waals surface area (Å²) in [7, 11) is -13.6. The largest absolute Gasteiger partial charge is 0.741 e. The second-order valence-electron chi connectivity index (χ2n) is 6.87. The van der Waals surface area contributed by atoms with Gasteiger partial charge in [0, 0.05) is 14.1 Å². The van der Waals surface area contributed by atoms with Gasteiger partial charge in [0.05, 0.1) is 0 Å². The van der Waals surface area contributed by atoms with Crippen LogP contribution >= 0.6 is 0 Å². The third kappa shape index (κ3) is 5.66. The third-order valence-corrected chi connectivity index (χ3v) is 7.56. The van der Waals surface area contributed by atoms with Gasteiger partial charge < -0.3 is 4.55 Å². The quantitative estimate of drug-likeness (QED) is 0.0949. The predicted octanol–water partition coefficient (Wildman–Crippen LogP) is 5.83. The van der Waals surface area contributed by atoms with Gasteiger partial charge in [0.1, 0.15) is 0 Å². The Morgan fingerprint density at radius 3 is 1.10 bits per heavy atom. The minimum atomic E-state index is -8.15. The molecule has 0 heterocycles. The first-order valence-electron chi connectivity index (χ1n) is 8.45. The standard InChI is InChI=1S/C13H6F16NOS.CHF3O3S/c1-30(2)32(31,8-6(17)4(15)3(14)5(16)7(8)18)13(28,29)11(23,24)9(19,20)10(21,22)12(25,26)27;2-1(3,4)8(5,6)7/h1-2H3;(H,5,6,7)/q+1;/p-1. The Balaban J connectivity index is 0.00000165. The summed E-state index contributed by atoms with van der Waals surface area (Å²) in [5, 5.41) is -7.50. The Morgan fingerprint density at radius 2 is 0.875 bits per heavy atom. The van der Waals surface area contributed by atoms with Gasteiger partial charge in [-0.15, -0.1) is 13.1 Å². The van der Waals surface area contributed by atoms with Crippen molar-refractivity contribution >= 4 is 20.2 Å². The van der Waals surface area contributed by atoms with Crippen LogP contribution in [-0.4, -0.2) is 66.1 Å². The average Bonchev–Trinajstić information content (AvgIpc) is 2.73. The van der Waals surface area contributed by atoms with Crippen LogP contribution in [0.1, 0.15) is 0 Å². The van der Waals surface area contributed by atoms with Crippen molar-refractivity contribution in [3.05, 3.63) is 29.1 Å². The zero-order chi connectivity index (χ0) is 33.0. The van der Waals surface area contributed by atoms with Crippen LogP contribution in [0.5, 0.6) is 0 Å². The fourth-order valence-electron chi connectivity index (χ4n) is 2.10. The molecule has 0 aliphatic rings. The van der Waals surface area contributed by atoms with E-state index in [0.717, 1.165) is 0 Å². The summed E-state index contributed by atoms with van der Waals surface area (Å²) < 4.78 is 284. The van der Waals surface area contributed by atoms with E-state index in [4.69, 9.17) is 13.0 Å². The molecule has 5 nitrogen and oxygen atoms in total. The lowest BCUT2D eigenvalue weighted by Gasteiger charge is -2.37. The average molecular weight is 677 g/mol. The summed E-state index contributed by atoms with van der Waals surface area (Å²) in [6, 6.07) is 0. The maximum Gasteiger partial charge on any atom is 0.506 e. The smallest absolute Gasteiger partial charge is 0.506 e. The molecule has 1 atom stereocenters. The van der Waals surface area contributed by atoms with Crippen molar-refractivity contribution in [2.24, 2.45) is 0 Å². The number of hydrogen-bond donors (Lipinski definition) is 0. The van der Waals surface area contributed by atoms with Crippen molar-refractivity contribution < 1.29 is 101 Å². The van der Waals surface area contributed by atoms with Crippen molar-refractivity contribution in [3.63, 3.8) is 0 Å². The molecule has 0 fully saturated rings. The highest BCUT2D eigenvalue weighted by molar-refractivity contribution is 8.01. The molecule has 1 aromatic carbocycles. The maximum absolute atomic E-state index is 14.4. The SMILES string of the molecule is CN(C)[S+](=O)(c1c(F)c(F)c(F)c(F)c1F)C(F)(F)C(F)(F)C(F)(F)C(F)(F)C(F)(F)F.O=S(=O)([O-])C(F)(F)F. The van der Waals surface area contributed by atoms with Gasteiger partial charge in [-0.05, 0) is 0 Å². The first kappa shape index (κ1) is 37.9. The van der Waals surface area contributed by atoms with Crippen molar-refractivity contribution in [2.45, 2.75) is 39.6 Å². The minimum absolute atomic E-state index is 0.135. The Kier molecular flexibility index (Phi) is 10.1. The molecule has 40 heavy (non-hydrogen) atoms. The van der Waals surface area contributed by atoms with E-state index in [1.165, 1.54) is 0 Å². The third-order valence-electron chi connectivity index (χ3n) is 4.10. The second-order valence-corrected chi connectivity index (χ2v) is 10.9. The summed E-state index contributed by atoms with van der Waals surface area (Å²) in [6.45, 7) is 0. The fraction of sp³-hybridized carbons (Fsp3) is 0.571. The van der Waals surface area contributed by atoms with Crippen molar-refractivity contribution in [1.82, 2.24) is 4.31 Å². The summed E-state index contributed by atoms with van der Waals surface area (Å²) in [5.74, 6) is -40.7. The molecule has 236 valence electrons. The molecule has 0 aromatic heterocycles. The number of nitrogens with zero attached hydrogens (tertiary/aromatic N) is 1. The van der Waals surface area contributed by atoms with Gasteiger partial charge in [0.15, 0.2) is 10.1 Å². The van der Waals surface area contributed by atoms with Gasteiger partial charge in [0.2, 0.25) is 29.1 Å². The zero-order valence-electron chi connectivity index (χ0n) is 18.1. The molecular formula is C14H6F19NO4S2. The van der Waals surface area contributed by atoms with E-state index in [1.54, 1.807) is 0 Å². The second kappa shape index (κ2) is 10.6. The minimum Gasteiger partial charge on any atom is -0.741 e. The topological polar surface area (TPSA) is 77.5 Å². The normalized spacial score (nSPS) is 16.0. The van der Waals surface area contributed by atoms with Gasteiger partial charge in [-0.1, -0.05) is 4.21 Å². The summed E-state index contributed by atoms with van der Waals surface area (Å²) in [4.78, 5) is -3.37. The van der Waals surface area contributed by atoms with E-state index < -0.39 is 93.2 Å². The van der Waals surface area contributed by atoms with Crippen molar-refractivity contribution in [2.75, 3.05) is 14.1 Å². The van der Waals surface area contributed by atoms with Gasteiger partial charge in [-0.2, -0.15) is 61.5 Å². The Hall–Kier alpha value is -2.09. The van der Waals surface area contributed by atoms with Crippen LogP contribution in [0.15, 0.2) is 4.90 Å². The fourth-order valence-corrected chi connectivity index (χ4v) is 4.32. The molecule has 0 spiro atoms. The maximum atomic E-state index is 14.4.